The third kappa shape index (κ3) is 3.14. The minimum absolute atomic E-state index is 0.673. The molecule has 0 N–H and O–H groups in total. The quantitative estimate of drug-likeness (QED) is 0.733. The van der Waals surface area contributed by atoms with Gasteiger partial charge in [0.15, 0.2) is 0 Å². The highest BCUT2D eigenvalue weighted by atomic mass is 15.1. The van der Waals surface area contributed by atoms with Crippen LogP contribution in [0.5, 0.6) is 0 Å². The summed E-state index contributed by atoms with van der Waals surface area (Å²) in [5, 5.41) is 0. The zero-order valence-corrected chi connectivity index (χ0v) is 13.6. The molecule has 0 amide bonds. The molecule has 0 saturated carbocycles. The molecular formula is C21H23N. The standard InChI is InChI=1S/C21H23N/c1-16(2)15-22(3)20-12-8-17(9-13-20)14-19-11-10-18-6-4-5-7-21(18)19/h4-14,16H,15H2,1-3H3/b19-14+. The van der Waals surface area contributed by atoms with Crippen molar-refractivity contribution in [2.24, 2.45) is 5.92 Å². The van der Waals surface area contributed by atoms with Crippen LogP contribution in [0, 0.1) is 5.92 Å². The number of nitrogens with zero attached hydrogens (tertiary/aromatic N) is 1. The Bertz CT molecular complexity index is 705. The van der Waals surface area contributed by atoms with Gasteiger partial charge in [-0.2, -0.15) is 0 Å². The van der Waals surface area contributed by atoms with Crippen LogP contribution in [-0.2, 0) is 0 Å². The normalized spacial score (nSPS) is 14.6. The second kappa shape index (κ2) is 6.23. The number of fused-ring (bicyclic) bond motifs is 1. The monoisotopic (exact) mass is 289 g/mol. The summed E-state index contributed by atoms with van der Waals surface area (Å²) in [4.78, 5) is 2.31. The second-order valence-electron chi connectivity index (χ2n) is 6.39. The fourth-order valence-corrected chi connectivity index (χ4v) is 2.96. The van der Waals surface area contributed by atoms with Crippen molar-refractivity contribution in [2.45, 2.75) is 13.8 Å². The van der Waals surface area contributed by atoms with Crippen LogP contribution in [0.2, 0.25) is 0 Å². The van der Waals surface area contributed by atoms with E-state index in [1.54, 1.807) is 0 Å². The molecule has 2 aromatic rings. The summed E-state index contributed by atoms with van der Waals surface area (Å²) in [7, 11) is 2.16. The van der Waals surface area contributed by atoms with E-state index in [4.69, 9.17) is 0 Å². The van der Waals surface area contributed by atoms with Crippen LogP contribution < -0.4 is 4.90 Å². The Hall–Kier alpha value is -2.28. The van der Waals surface area contributed by atoms with Crippen molar-refractivity contribution in [3.63, 3.8) is 0 Å². The van der Waals surface area contributed by atoms with Gasteiger partial charge in [-0.1, -0.05) is 62.4 Å². The van der Waals surface area contributed by atoms with Gasteiger partial charge in [-0.25, -0.2) is 0 Å². The van der Waals surface area contributed by atoms with Crippen LogP contribution in [0.25, 0.3) is 17.7 Å². The van der Waals surface area contributed by atoms with E-state index in [2.05, 4.69) is 92.6 Å². The van der Waals surface area contributed by atoms with Gasteiger partial charge >= 0.3 is 0 Å². The van der Waals surface area contributed by atoms with Crippen molar-refractivity contribution in [2.75, 3.05) is 18.5 Å². The topological polar surface area (TPSA) is 3.24 Å². The first kappa shape index (κ1) is 14.6. The van der Waals surface area contributed by atoms with Gasteiger partial charge in [0.1, 0.15) is 0 Å². The maximum absolute atomic E-state index is 2.31. The van der Waals surface area contributed by atoms with Crippen molar-refractivity contribution >= 4 is 23.4 Å². The number of hydrogen-bond acceptors (Lipinski definition) is 1. The molecule has 0 spiro atoms. The van der Waals surface area contributed by atoms with Gasteiger partial charge < -0.3 is 4.90 Å². The van der Waals surface area contributed by atoms with Gasteiger partial charge in [0, 0.05) is 19.3 Å². The molecule has 0 atom stereocenters. The number of rotatable bonds is 4. The van der Waals surface area contributed by atoms with Gasteiger partial charge in [-0.05, 0) is 46.4 Å². The van der Waals surface area contributed by atoms with E-state index in [1.165, 1.54) is 28.0 Å². The van der Waals surface area contributed by atoms with Crippen molar-refractivity contribution in [1.29, 1.82) is 0 Å². The highest BCUT2D eigenvalue weighted by Crippen LogP contribution is 2.30. The summed E-state index contributed by atoms with van der Waals surface area (Å²) >= 11 is 0. The number of anilines is 1. The first-order valence-corrected chi connectivity index (χ1v) is 7.94. The van der Waals surface area contributed by atoms with Crippen LogP contribution in [0.15, 0.2) is 54.6 Å². The lowest BCUT2D eigenvalue weighted by molar-refractivity contribution is 0.638. The van der Waals surface area contributed by atoms with Gasteiger partial charge in [-0.15, -0.1) is 0 Å². The minimum atomic E-state index is 0.673. The van der Waals surface area contributed by atoms with Crippen molar-refractivity contribution in [3.8, 4) is 0 Å². The molecule has 0 heterocycles. The summed E-state index contributed by atoms with van der Waals surface area (Å²) in [6.07, 6.45) is 6.64. The van der Waals surface area contributed by atoms with E-state index in [1.807, 2.05) is 0 Å². The highest BCUT2D eigenvalue weighted by Gasteiger charge is 2.09. The molecule has 0 unspecified atom stereocenters. The Kier molecular flexibility index (Phi) is 4.15. The molecule has 0 radical (unpaired) electrons. The second-order valence-corrected chi connectivity index (χ2v) is 6.39. The summed E-state index contributed by atoms with van der Waals surface area (Å²) in [6.45, 7) is 5.58. The Morgan fingerprint density at radius 3 is 2.41 bits per heavy atom. The molecule has 0 saturated heterocycles. The fourth-order valence-electron chi connectivity index (χ4n) is 2.96. The Morgan fingerprint density at radius 2 is 1.68 bits per heavy atom. The zero-order chi connectivity index (χ0) is 15.5. The Balaban J connectivity index is 1.80. The minimum Gasteiger partial charge on any atom is -0.374 e. The summed E-state index contributed by atoms with van der Waals surface area (Å²) in [5.74, 6) is 0.673. The van der Waals surface area contributed by atoms with Gasteiger partial charge in [0.05, 0.1) is 0 Å². The lowest BCUT2D eigenvalue weighted by Gasteiger charge is -2.21. The molecule has 1 nitrogen and oxygen atoms in total. The summed E-state index contributed by atoms with van der Waals surface area (Å²) in [5.41, 5.74) is 6.45. The van der Waals surface area contributed by atoms with Crippen LogP contribution in [0.4, 0.5) is 5.69 Å². The van der Waals surface area contributed by atoms with Crippen LogP contribution in [0.1, 0.15) is 30.5 Å². The largest absolute Gasteiger partial charge is 0.374 e. The molecule has 1 aliphatic rings. The Labute approximate surface area is 133 Å². The fraction of sp³-hybridized carbons (Fsp3) is 0.238. The van der Waals surface area contributed by atoms with E-state index < -0.39 is 0 Å². The average Bonchev–Trinajstić information content (AvgIpc) is 2.91. The molecule has 0 aromatic heterocycles. The first-order valence-electron chi connectivity index (χ1n) is 7.94. The molecule has 0 bridgehead atoms. The van der Waals surface area contributed by atoms with E-state index in [9.17, 15) is 0 Å². The predicted molar refractivity (Wildman–Crippen MR) is 97.9 cm³/mol. The lowest BCUT2D eigenvalue weighted by atomic mass is 10.0. The Morgan fingerprint density at radius 1 is 0.955 bits per heavy atom. The lowest BCUT2D eigenvalue weighted by Crippen LogP contribution is -2.22. The van der Waals surface area contributed by atoms with Gasteiger partial charge in [0.25, 0.3) is 0 Å². The smallest absolute Gasteiger partial charge is 0.0364 e. The average molecular weight is 289 g/mol. The summed E-state index contributed by atoms with van der Waals surface area (Å²) < 4.78 is 0. The van der Waals surface area contributed by atoms with E-state index >= 15 is 0 Å². The third-order valence-corrected chi connectivity index (χ3v) is 4.01. The number of benzene rings is 2. The van der Waals surface area contributed by atoms with E-state index in [0.29, 0.717) is 5.92 Å². The van der Waals surface area contributed by atoms with Crippen LogP contribution in [0.3, 0.4) is 0 Å². The van der Waals surface area contributed by atoms with Gasteiger partial charge in [0.2, 0.25) is 0 Å². The molecule has 0 fully saturated rings. The number of allylic oxidation sites excluding steroid dienone is 2. The van der Waals surface area contributed by atoms with Crippen molar-refractivity contribution in [1.82, 2.24) is 0 Å². The van der Waals surface area contributed by atoms with E-state index in [-0.39, 0.29) is 0 Å². The number of hydrogen-bond donors (Lipinski definition) is 0. The molecule has 112 valence electrons. The molecule has 1 heteroatoms. The first-order chi connectivity index (χ1) is 10.6. The summed E-state index contributed by atoms with van der Waals surface area (Å²) in [6, 6.07) is 17.4. The molecular weight excluding hydrogens is 266 g/mol. The maximum atomic E-state index is 2.31. The molecule has 22 heavy (non-hydrogen) atoms. The predicted octanol–water partition coefficient (Wildman–Crippen LogP) is 5.35. The maximum Gasteiger partial charge on any atom is 0.0364 e. The third-order valence-electron chi connectivity index (χ3n) is 4.01. The van der Waals surface area contributed by atoms with Gasteiger partial charge in [-0.3, -0.25) is 0 Å². The molecule has 2 aromatic carbocycles. The highest BCUT2D eigenvalue weighted by molar-refractivity contribution is 5.97. The van der Waals surface area contributed by atoms with E-state index in [0.717, 1.165) is 6.54 Å². The molecule has 0 aliphatic heterocycles. The van der Waals surface area contributed by atoms with Crippen LogP contribution in [-0.4, -0.2) is 13.6 Å². The molecule has 3 rings (SSSR count). The SMILES string of the molecule is CC(C)CN(C)c1ccc(/C=C2\C=Cc3ccccc32)cc1. The van der Waals surface area contributed by atoms with Crippen LogP contribution >= 0.6 is 0 Å². The molecule has 1 aliphatic carbocycles. The van der Waals surface area contributed by atoms with Crippen molar-refractivity contribution < 1.29 is 0 Å². The van der Waals surface area contributed by atoms with Crippen molar-refractivity contribution in [3.05, 3.63) is 71.3 Å². The zero-order valence-electron chi connectivity index (χ0n) is 13.6.